The van der Waals surface area contributed by atoms with Crippen molar-refractivity contribution in [3.63, 3.8) is 0 Å². The zero-order chi connectivity index (χ0) is 22.6. The van der Waals surface area contributed by atoms with Gasteiger partial charge in [0.2, 0.25) is 0 Å². The maximum Gasteiger partial charge on any atom is 0.346 e. The molecule has 0 unspecified atom stereocenters. The normalized spacial score (nSPS) is 10.8. The van der Waals surface area contributed by atoms with E-state index in [-0.39, 0.29) is 0 Å². The van der Waals surface area contributed by atoms with E-state index >= 15 is 0 Å². The fourth-order valence-corrected chi connectivity index (χ4v) is 3.93. The first-order valence-corrected chi connectivity index (χ1v) is 12.0. The summed E-state index contributed by atoms with van der Waals surface area (Å²) in [6, 6.07) is 11.4. The van der Waals surface area contributed by atoms with Gasteiger partial charge in [-0.3, -0.25) is 0 Å². The lowest BCUT2D eigenvalue weighted by atomic mass is 9.96. The number of hydrogen-bond donors (Lipinski definition) is 0. The van der Waals surface area contributed by atoms with Crippen LogP contribution in [0.1, 0.15) is 109 Å². The summed E-state index contributed by atoms with van der Waals surface area (Å²) in [5.41, 5.74) is 5.85. The highest BCUT2D eigenvalue weighted by molar-refractivity contribution is 6.02. The molecule has 0 aliphatic rings. The molecule has 3 nitrogen and oxygen atoms in total. The number of benzene rings is 2. The van der Waals surface area contributed by atoms with Gasteiger partial charge < -0.3 is 4.74 Å². The number of hydrogen-bond acceptors (Lipinski definition) is 3. The van der Waals surface area contributed by atoms with Crippen LogP contribution >= 0.6 is 0 Å². The molecule has 0 heterocycles. The molecule has 0 spiro atoms. The van der Waals surface area contributed by atoms with E-state index in [0.29, 0.717) is 11.1 Å². The molecule has 0 saturated carbocycles. The minimum atomic E-state index is -0.573. The lowest BCUT2D eigenvalue weighted by Crippen LogP contribution is -2.14. The van der Waals surface area contributed by atoms with Crippen molar-refractivity contribution in [1.82, 2.24) is 0 Å². The van der Waals surface area contributed by atoms with Crippen molar-refractivity contribution < 1.29 is 14.3 Å². The average molecular weight is 423 g/mol. The third kappa shape index (κ3) is 7.34. The Morgan fingerprint density at radius 2 is 1.00 bits per heavy atom. The number of ether oxygens (including phenoxy) is 1. The summed E-state index contributed by atoms with van der Waals surface area (Å²) in [5.74, 6) is -1.15. The average Bonchev–Trinajstić information content (AvgIpc) is 2.77. The van der Waals surface area contributed by atoms with E-state index in [4.69, 9.17) is 4.74 Å². The van der Waals surface area contributed by atoms with Crippen molar-refractivity contribution >= 4 is 11.9 Å². The summed E-state index contributed by atoms with van der Waals surface area (Å²) < 4.78 is 5.25. The van der Waals surface area contributed by atoms with E-state index in [0.717, 1.165) is 64.2 Å². The maximum absolute atomic E-state index is 12.7. The molecule has 0 aliphatic carbocycles. The number of carbonyl (C=O) groups excluding carboxylic acids is 2. The molecule has 3 heteroatoms. The van der Waals surface area contributed by atoms with Gasteiger partial charge in [-0.1, -0.05) is 65.5 Å². The topological polar surface area (TPSA) is 43.4 Å². The molecular weight excluding hydrogens is 384 g/mol. The standard InChI is InChI=1S/C28H38O3/c1-5-9-13-21-15-17-25(19-23(21)11-7-3)27(29)31-28(30)26-18-16-22(14-10-6-2)24(20-26)12-8-4/h15-20H,5-14H2,1-4H3. The van der Waals surface area contributed by atoms with E-state index in [1.54, 1.807) is 12.1 Å². The molecule has 0 radical (unpaired) electrons. The summed E-state index contributed by atoms with van der Waals surface area (Å²) in [5, 5.41) is 0. The Morgan fingerprint density at radius 3 is 1.35 bits per heavy atom. The number of aryl methyl sites for hydroxylation is 4. The van der Waals surface area contributed by atoms with Gasteiger partial charge in [0.25, 0.3) is 0 Å². The van der Waals surface area contributed by atoms with Crippen LogP contribution in [0.2, 0.25) is 0 Å². The molecule has 168 valence electrons. The predicted molar refractivity (Wildman–Crippen MR) is 128 cm³/mol. The Kier molecular flexibility index (Phi) is 10.5. The molecule has 0 N–H and O–H groups in total. The van der Waals surface area contributed by atoms with Gasteiger partial charge in [0.05, 0.1) is 11.1 Å². The van der Waals surface area contributed by atoms with Crippen LogP contribution in [0.3, 0.4) is 0 Å². The Morgan fingerprint density at radius 1 is 0.581 bits per heavy atom. The summed E-state index contributed by atoms with van der Waals surface area (Å²) in [4.78, 5) is 25.4. The molecule has 0 bridgehead atoms. The number of carbonyl (C=O) groups is 2. The van der Waals surface area contributed by atoms with Crippen molar-refractivity contribution in [3.05, 3.63) is 69.8 Å². The third-order valence-corrected chi connectivity index (χ3v) is 5.71. The van der Waals surface area contributed by atoms with Crippen LogP contribution in [0.5, 0.6) is 0 Å². The van der Waals surface area contributed by atoms with Crippen LogP contribution in [-0.4, -0.2) is 11.9 Å². The second-order valence-corrected chi connectivity index (χ2v) is 8.35. The molecule has 2 rings (SSSR count). The van der Waals surface area contributed by atoms with Crippen molar-refractivity contribution in [3.8, 4) is 0 Å². The van der Waals surface area contributed by atoms with Crippen LogP contribution in [0.4, 0.5) is 0 Å². The quantitative estimate of drug-likeness (QED) is 0.267. The second-order valence-electron chi connectivity index (χ2n) is 8.35. The molecule has 0 aliphatic heterocycles. The Balaban J connectivity index is 2.16. The van der Waals surface area contributed by atoms with Crippen molar-refractivity contribution in [1.29, 1.82) is 0 Å². The van der Waals surface area contributed by atoms with Gasteiger partial charge in [0, 0.05) is 0 Å². The van der Waals surface area contributed by atoms with Crippen LogP contribution in [0.15, 0.2) is 36.4 Å². The molecule has 0 fully saturated rings. The predicted octanol–water partition coefficient (Wildman–Crippen LogP) is 7.27. The highest BCUT2D eigenvalue weighted by Gasteiger charge is 2.17. The first kappa shape index (κ1) is 24.8. The first-order valence-electron chi connectivity index (χ1n) is 12.0. The monoisotopic (exact) mass is 422 g/mol. The highest BCUT2D eigenvalue weighted by Crippen LogP contribution is 2.20. The summed E-state index contributed by atoms with van der Waals surface area (Å²) in [6.07, 6.45) is 10.5. The smallest absolute Gasteiger partial charge is 0.346 e. The van der Waals surface area contributed by atoms with Gasteiger partial charge in [-0.25, -0.2) is 9.59 Å². The first-order chi connectivity index (χ1) is 15.0. The lowest BCUT2D eigenvalue weighted by molar-refractivity contribution is 0.0397. The van der Waals surface area contributed by atoms with Gasteiger partial charge in [-0.2, -0.15) is 0 Å². The van der Waals surface area contributed by atoms with Gasteiger partial charge in [0.15, 0.2) is 0 Å². The van der Waals surface area contributed by atoms with E-state index in [2.05, 4.69) is 27.7 Å². The minimum absolute atomic E-state index is 0.449. The van der Waals surface area contributed by atoms with Gasteiger partial charge in [0.1, 0.15) is 0 Å². The minimum Gasteiger partial charge on any atom is -0.386 e. The molecule has 0 saturated heterocycles. The molecule has 0 atom stereocenters. The van der Waals surface area contributed by atoms with E-state index in [9.17, 15) is 9.59 Å². The zero-order valence-corrected chi connectivity index (χ0v) is 19.8. The molecule has 2 aromatic carbocycles. The summed E-state index contributed by atoms with van der Waals surface area (Å²) >= 11 is 0. The van der Waals surface area contributed by atoms with Crippen molar-refractivity contribution in [2.45, 2.75) is 91.9 Å². The van der Waals surface area contributed by atoms with Crippen LogP contribution in [-0.2, 0) is 30.4 Å². The summed E-state index contributed by atoms with van der Waals surface area (Å²) in [6.45, 7) is 8.63. The summed E-state index contributed by atoms with van der Waals surface area (Å²) in [7, 11) is 0. The fourth-order valence-electron chi connectivity index (χ4n) is 3.93. The Labute approximate surface area is 188 Å². The third-order valence-electron chi connectivity index (χ3n) is 5.71. The van der Waals surface area contributed by atoms with Crippen LogP contribution in [0, 0.1) is 0 Å². The molecule has 0 amide bonds. The number of unbranched alkanes of at least 4 members (excludes halogenated alkanes) is 2. The maximum atomic E-state index is 12.7. The van der Waals surface area contributed by atoms with Crippen LogP contribution < -0.4 is 0 Å². The lowest BCUT2D eigenvalue weighted by Gasteiger charge is -2.12. The van der Waals surface area contributed by atoms with E-state index in [1.807, 2.05) is 24.3 Å². The second kappa shape index (κ2) is 13.1. The Bertz CT molecular complexity index is 795. The van der Waals surface area contributed by atoms with E-state index in [1.165, 1.54) is 22.3 Å². The largest absolute Gasteiger partial charge is 0.386 e. The fraction of sp³-hybridized carbons (Fsp3) is 0.500. The van der Waals surface area contributed by atoms with Gasteiger partial charge in [-0.15, -0.1) is 0 Å². The number of esters is 2. The van der Waals surface area contributed by atoms with Crippen LogP contribution in [0.25, 0.3) is 0 Å². The molecule has 31 heavy (non-hydrogen) atoms. The Hall–Kier alpha value is -2.42. The highest BCUT2D eigenvalue weighted by atomic mass is 16.6. The number of rotatable bonds is 12. The zero-order valence-electron chi connectivity index (χ0n) is 19.8. The molecular formula is C28H38O3. The molecule has 2 aromatic rings. The van der Waals surface area contributed by atoms with Crippen molar-refractivity contribution in [2.75, 3.05) is 0 Å². The van der Waals surface area contributed by atoms with Gasteiger partial charge in [-0.05, 0) is 85.0 Å². The SMILES string of the molecule is CCCCc1ccc(C(=O)OC(=O)c2ccc(CCCC)c(CCC)c2)cc1CCC. The van der Waals surface area contributed by atoms with E-state index < -0.39 is 11.9 Å². The molecule has 0 aromatic heterocycles. The van der Waals surface area contributed by atoms with Gasteiger partial charge >= 0.3 is 11.9 Å². The van der Waals surface area contributed by atoms with Crippen molar-refractivity contribution in [2.24, 2.45) is 0 Å².